The van der Waals surface area contributed by atoms with Gasteiger partial charge < -0.3 is 11.1 Å². The molecule has 102 valence electrons. The standard InChI is InChI=1S/C15H27N3/c1-11(2)18(12(3)4)10-9-17-15-13(5)7-6-8-14(15)16/h6-8,11-12,17H,9-10,16H2,1-5H3. The Bertz CT molecular complexity index is 344. The third-order valence-electron chi connectivity index (χ3n) is 3.30. The van der Waals surface area contributed by atoms with Gasteiger partial charge in [-0.3, -0.25) is 4.90 Å². The van der Waals surface area contributed by atoms with E-state index in [2.05, 4.69) is 50.9 Å². The van der Waals surface area contributed by atoms with Crippen LogP contribution in [0.3, 0.4) is 0 Å². The van der Waals surface area contributed by atoms with Gasteiger partial charge in [0.05, 0.1) is 11.4 Å². The van der Waals surface area contributed by atoms with Crippen LogP contribution in [0.2, 0.25) is 0 Å². The smallest absolute Gasteiger partial charge is 0.0604 e. The van der Waals surface area contributed by atoms with Gasteiger partial charge in [0.2, 0.25) is 0 Å². The van der Waals surface area contributed by atoms with Crippen molar-refractivity contribution >= 4 is 11.4 Å². The lowest BCUT2D eigenvalue weighted by atomic mass is 10.1. The molecule has 0 saturated heterocycles. The average molecular weight is 249 g/mol. The number of hydrogen-bond acceptors (Lipinski definition) is 3. The van der Waals surface area contributed by atoms with Crippen molar-refractivity contribution in [2.75, 3.05) is 24.1 Å². The molecule has 18 heavy (non-hydrogen) atoms. The van der Waals surface area contributed by atoms with E-state index in [0.29, 0.717) is 12.1 Å². The van der Waals surface area contributed by atoms with E-state index in [1.807, 2.05) is 12.1 Å². The molecule has 0 spiro atoms. The van der Waals surface area contributed by atoms with Crippen LogP contribution in [-0.4, -0.2) is 30.1 Å². The number of nitrogens with two attached hydrogens (primary N) is 1. The summed E-state index contributed by atoms with van der Waals surface area (Å²) in [5, 5.41) is 3.45. The van der Waals surface area contributed by atoms with Gasteiger partial charge in [0.1, 0.15) is 0 Å². The minimum Gasteiger partial charge on any atom is -0.397 e. The fourth-order valence-corrected chi connectivity index (χ4v) is 2.35. The Hall–Kier alpha value is -1.22. The molecule has 3 heteroatoms. The van der Waals surface area contributed by atoms with Crippen LogP contribution in [0.5, 0.6) is 0 Å². The number of nitrogen functional groups attached to an aromatic ring is 1. The van der Waals surface area contributed by atoms with Crippen molar-refractivity contribution in [2.45, 2.75) is 46.7 Å². The maximum Gasteiger partial charge on any atom is 0.0604 e. The first-order valence-electron chi connectivity index (χ1n) is 6.78. The van der Waals surface area contributed by atoms with Crippen LogP contribution in [0.25, 0.3) is 0 Å². The zero-order valence-electron chi connectivity index (χ0n) is 12.3. The van der Waals surface area contributed by atoms with Gasteiger partial charge in [-0.1, -0.05) is 12.1 Å². The Labute approximate surface area is 111 Å². The van der Waals surface area contributed by atoms with E-state index in [1.54, 1.807) is 0 Å². The maximum absolute atomic E-state index is 5.98. The maximum atomic E-state index is 5.98. The Balaban J connectivity index is 2.55. The van der Waals surface area contributed by atoms with E-state index >= 15 is 0 Å². The molecule has 0 heterocycles. The fraction of sp³-hybridized carbons (Fsp3) is 0.600. The first-order valence-corrected chi connectivity index (χ1v) is 6.78. The molecule has 0 radical (unpaired) electrons. The van der Waals surface area contributed by atoms with Crippen molar-refractivity contribution in [3.63, 3.8) is 0 Å². The average Bonchev–Trinajstić information content (AvgIpc) is 2.26. The van der Waals surface area contributed by atoms with Crippen molar-refractivity contribution in [3.8, 4) is 0 Å². The van der Waals surface area contributed by atoms with Crippen LogP contribution in [0.1, 0.15) is 33.3 Å². The van der Waals surface area contributed by atoms with Gasteiger partial charge in [-0.05, 0) is 46.2 Å². The Morgan fingerprint density at radius 3 is 2.28 bits per heavy atom. The van der Waals surface area contributed by atoms with Gasteiger partial charge >= 0.3 is 0 Å². The molecule has 0 aliphatic rings. The first kappa shape index (κ1) is 14.8. The lowest BCUT2D eigenvalue weighted by Gasteiger charge is -2.30. The van der Waals surface area contributed by atoms with Crippen LogP contribution < -0.4 is 11.1 Å². The molecule has 0 amide bonds. The molecule has 0 unspecified atom stereocenters. The summed E-state index contributed by atoms with van der Waals surface area (Å²) in [4.78, 5) is 2.47. The molecular formula is C15H27N3. The summed E-state index contributed by atoms with van der Waals surface area (Å²) in [5.41, 5.74) is 9.09. The predicted molar refractivity (Wildman–Crippen MR) is 81.1 cm³/mol. The van der Waals surface area contributed by atoms with Crippen LogP contribution in [0.15, 0.2) is 18.2 Å². The van der Waals surface area contributed by atoms with Gasteiger partial charge in [-0.15, -0.1) is 0 Å². The van der Waals surface area contributed by atoms with Crippen LogP contribution in [-0.2, 0) is 0 Å². The largest absolute Gasteiger partial charge is 0.397 e. The lowest BCUT2D eigenvalue weighted by Crippen LogP contribution is -2.40. The summed E-state index contributed by atoms with van der Waals surface area (Å²) < 4.78 is 0. The van der Waals surface area contributed by atoms with Crippen molar-refractivity contribution in [2.24, 2.45) is 0 Å². The third-order valence-corrected chi connectivity index (χ3v) is 3.30. The molecule has 0 aliphatic carbocycles. The van der Waals surface area contributed by atoms with Gasteiger partial charge in [0, 0.05) is 25.2 Å². The topological polar surface area (TPSA) is 41.3 Å². The second kappa shape index (κ2) is 6.64. The van der Waals surface area contributed by atoms with E-state index < -0.39 is 0 Å². The second-order valence-corrected chi connectivity index (χ2v) is 5.39. The second-order valence-electron chi connectivity index (χ2n) is 5.39. The lowest BCUT2D eigenvalue weighted by molar-refractivity contribution is 0.182. The molecule has 1 rings (SSSR count). The SMILES string of the molecule is Cc1cccc(N)c1NCCN(C(C)C)C(C)C. The number of benzene rings is 1. The quantitative estimate of drug-likeness (QED) is 0.761. The zero-order valence-corrected chi connectivity index (χ0v) is 12.3. The molecule has 0 fully saturated rings. The molecule has 3 N–H and O–H groups in total. The highest BCUT2D eigenvalue weighted by Gasteiger charge is 2.12. The Kier molecular flexibility index (Phi) is 5.48. The van der Waals surface area contributed by atoms with Gasteiger partial charge in [0.25, 0.3) is 0 Å². The van der Waals surface area contributed by atoms with Gasteiger partial charge in [0.15, 0.2) is 0 Å². The highest BCUT2D eigenvalue weighted by atomic mass is 15.2. The summed E-state index contributed by atoms with van der Waals surface area (Å²) in [6.07, 6.45) is 0. The van der Waals surface area contributed by atoms with Crippen molar-refractivity contribution in [1.82, 2.24) is 4.90 Å². The van der Waals surface area contributed by atoms with E-state index in [0.717, 1.165) is 24.5 Å². The monoisotopic (exact) mass is 249 g/mol. The molecule has 0 aromatic heterocycles. The minimum atomic E-state index is 0.570. The molecule has 1 aromatic rings. The van der Waals surface area contributed by atoms with Crippen molar-refractivity contribution < 1.29 is 0 Å². The van der Waals surface area contributed by atoms with E-state index in [4.69, 9.17) is 5.73 Å². The summed E-state index contributed by atoms with van der Waals surface area (Å²) >= 11 is 0. The number of para-hydroxylation sites is 1. The zero-order chi connectivity index (χ0) is 13.7. The van der Waals surface area contributed by atoms with Crippen LogP contribution in [0.4, 0.5) is 11.4 Å². The van der Waals surface area contributed by atoms with Gasteiger partial charge in [-0.2, -0.15) is 0 Å². The number of anilines is 2. The summed E-state index contributed by atoms with van der Waals surface area (Å²) in [5.74, 6) is 0. The Morgan fingerprint density at radius 2 is 1.78 bits per heavy atom. The van der Waals surface area contributed by atoms with E-state index in [9.17, 15) is 0 Å². The van der Waals surface area contributed by atoms with Crippen molar-refractivity contribution in [1.29, 1.82) is 0 Å². The van der Waals surface area contributed by atoms with E-state index in [-0.39, 0.29) is 0 Å². The molecule has 0 aliphatic heterocycles. The number of nitrogens with one attached hydrogen (secondary N) is 1. The van der Waals surface area contributed by atoms with Crippen LogP contribution in [0, 0.1) is 6.92 Å². The Morgan fingerprint density at radius 1 is 1.17 bits per heavy atom. The molecule has 0 saturated carbocycles. The summed E-state index contributed by atoms with van der Waals surface area (Å²) in [6.45, 7) is 13.0. The normalized spacial score (nSPS) is 11.6. The van der Waals surface area contributed by atoms with Gasteiger partial charge in [-0.25, -0.2) is 0 Å². The van der Waals surface area contributed by atoms with Crippen LogP contribution >= 0.6 is 0 Å². The predicted octanol–water partition coefficient (Wildman–Crippen LogP) is 3.11. The highest BCUT2D eigenvalue weighted by molar-refractivity contribution is 5.69. The molecule has 1 aromatic carbocycles. The molecule has 0 atom stereocenters. The number of nitrogens with zero attached hydrogens (tertiary/aromatic N) is 1. The summed E-state index contributed by atoms with van der Waals surface area (Å²) in [7, 11) is 0. The number of rotatable bonds is 6. The minimum absolute atomic E-state index is 0.570. The first-order chi connectivity index (χ1) is 8.43. The fourth-order valence-electron chi connectivity index (χ4n) is 2.35. The molecule has 3 nitrogen and oxygen atoms in total. The van der Waals surface area contributed by atoms with Crippen molar-refractivity contribution in [3.05, 3.63) is 23.8 Å². The number of hydrogen-bond donors (Lipinski definition) is 2. The number of aryl methyl sites for hydroxylation is 1. The highest BCUT2D eigenvalue weighted by Crippen LogP contribution is 2.22. The molecule has 0 bridgehead atoms. The summed E-state index contributed by atoms with van der Waals surface area (Å²) in [6, 6.07) is 7.16. The molecular weight excluding hydrogens is 222 g/mol. The third kappa shape index (κ3) is 3.91. The van der Waals surface area contributed by atoms with E-state index in [1.165, 1.54) is 5.56 Å².